The number of para-hydroxylation sites is 2. The van der Waals surface area contributed by atoms with Crippen molar-refractivity contribution < 1.29 is 4.74 Å². The maximum Gasteiger partial charge on any atom is 0.142 e. The number of rotatable bonds is 6. The normalized spacial score (nSPS) is 25.4. The Kier molecular flexibility index (Phi) is 6.60. The van der Waals surface area contributed by atoms with E-state index in [-0.39, 0.29) is 6.10 Å². The lowest BCUT2D eigenvalue weighted by molar-refractivity contribution is 0.127. The van der Waals surface area contributed by atoms with Gasteiger partial charge in [-0.1, -0.05) is 12.1 Å². The molecule has 1 aliphatic heterocycles. The lowest BCUT2D eigenvalue weighted by atomic mass is 9.83. The Hall–Kier alpha value is -1.26. The molecule has 140 valence electrons. The highest BCUT2D eigenvalue weighted by molar-refractivity contribution is 5.58. The van der Waals surface area contributed by atoms with Crippen molar-refractivity contribution in [1.82, 2.24) is 4.90 Å². The average molecular weight is 346 g/mol. The van der Waals surface area contributed by atoms with E-state index in [2.05, 4.69) is 47.9 Å². The molecule has 0 bridgehead atoms. The first-order chi connectivity index (χ1) is 12.2. The van der Waals surface area contributed by atoms with Crippen LogP contribution in [0, 0.1) is 5.92 Å². The fourth-order valence-electron chi connectivity index (χ4n) is 4.43. The van der Waals surface area contributed by atoms with Gasteiger partial charge in [-0.3, -0.25) is 4.90 Å². The maximum absolute atomic E-state index is 6.01. The topological polar surface area (TPSA) is 41.7 Å². The molecule has 1 aromatic rings. The SMILES string of the molecule is CC(C)Oc1ccccc1N1CCN(C2CCC(CCN)CC2)CC1. The lowest BCUT2D eigenvalue weighted by Gasteiger charge is -2.43. The number of benzene rings is 1. The third kappa shape index (κ3) is 4.89. The number of hydrogen-bond donors (Lipinski definition) is 1. The van der Waals surface area contributed by atoms with E-state index in [0.717, 1.165) is 37.3 Å². The molecule has 0 radical (unpaired) electrons. The third-order valence-electron chi connectivity index (χ3n) is 5.79. The molecule has 4 nitrogen and oxygen atoms in total. The number of ether oxygens (including phenoxy) is 1. The first kappa shape index (κ1) is 18.5. The van der Waals surface area contributed by atoms with Crippen LogP contribution in [-0.2, 0) is 0 Å². The van der Waals surface area contributed by atoms with Crippen molar-refractivity contribution in [2.45, 2.75) is 58.1 Å². The van der Waals surface area contributed by atoms with Crippen molar-refractivity contribution >= 4 is 5.69 Å². The van der Waals surface area contributed by atoms with E-state index in [1.54, 1.807) is 0 Å². The van der Waals surface area contributed by atoms with Gasteiger partial charge in [0.2, 0.25) is 0 Å². The minimum atomic E-state index is 0.214. The lowest BCUT2D eigenvalue weighted by Crippen LogP contribution is -2.51. The van der Waals surface area contributed by atoms with E-state index in [0.29, 0.717) is 0 Å². The van der Waals surface area contributed by atoms with Gasteiger partial charge >= 0.3 is 0 Å². The molecule has 1 aromatic carbocycles. The predicted octanol–water partition coefficient (Wildman–Crippen LogP) is 3.50. The molecule has 2 N–H and O–H groups in total. The Morgan fingerprint density at radius 3 is 2.36 bits per heavy atom. The highest BCUT2D eigenvalue weighted by atomic mass is 16.5. The minimum absolute atomic E-state index is 0.214. The van der Waals surface area contributed by atoms with Crippen LogP contribution < -0.4 is 15.4 Å². The molecule has 25 heavy (non-hydrogen) atoms. The standard InChI is InChI=1S/C21H35N3O/c1-17(2)25-21-6-4-3-5-20(21)24-15-13-23(14-16-24)19-9-7-18(8-10-19)11-12-22/h3-6,17-19H,7-16,22H2,1-2H3. The Labute approximate surface area is 153 Å². The molecule has 1 saturated heterocycles. The second kappa shape index (κ2) is 8.91. The van der Waals surface area contributed by atoms with Gasteiger partial charge in [-0.2, -0.15) is 0 Å². The fraction of sp³-hybridized carbons (Fsp3) is 0.714. The number of nitrogens with two attached hydrogens (primary N) is 1. The van der Waals surface area contributed by atoms with Crippen LogP contribution in [0.1, 0.15) is 46.0 Å². The van der Waals surface area contributed by atoms with Gasteiger partial charge in [-0.25, -0.2) is 0 Å². The number of anilines is 1. The van der Waals surface area contributed by atoms with Crippen LogP contribution in [0.2, 0.25) is 0 Å². The molecule has 1 saturated carbocycles. The Bertz CT molecular complexity index is 518. The number of nitrogens with zero attached hydrogens (tertiary/aromatic N) is 2. The molecule has 3 rings (SSSR count). The van der Waals surface area contributed by atoms with E-state index < -0.39 is 0 Å². The molecule has 1 heterocycles. The summed E-state index contributed by atoms with van der Waals surface area (Å²) in [6, 6.07) is 9.27. The summed E-state index contributed by atoms with van der Waals surface area (Å²) in [6.07, 6.45) is 6.88. The summed E-state index contributed by atoms with van der Waals surface area (Å²) in [6.45, 7) is 9.57. The van der Waals surface area contributed by atoms with Gasteiger partial charge in [0.25, 0.3) is 0 Å². The van der Waals surface area contributed by atoms with Crippen molar-refractivity contribution in [3.8, 4) is 5.75 Å². The van der Waals surface area contributed by atoms with Gasteiger partial charge in [0.15, 0.2) is 0 Å². The van der Waals surface area contributed by atoms with Crippen LogP contribution in [-0.4, -0.2) is 49.8 Å². The van der Waals surface area contributed by atoms with Crippen LogP contribution in [0.4, 0.5) is 5.69 Å². The summed E-state index contributed by atoms with van der Waals surface area (Å²) in [4.78, 5) is 5.22. The number of piperazine rings is 1. The molecule has 2 aliphatic rings. The van der Waals surface area contributed by atoms with Crippen molar-refractivity contribution in [2.75, 3.05) is 37.6 Å². The minimum Gasteiger partial charge on any atom is -0.489 e. The molecule has 0 atom stereocenters. The van der Waals surface area contributed by atoms with E-state index in [4.69, 9.17) is 10.5 Å². The summed E-state index contributed by atoms with van der Waals surface area (Å²) in [7, 11) is 0. The van der Waals surface area contributed by atoms with Crippen LogP contribution in [0.5, 0.6) is 5.75 Å². The largest absolute Gasteiger partial charge is 0.489 e. The van der Waals surface area contributed by atoms with E-state index >= 15 is 0 Å². The van der Waals surface area contributed by atoms with Gasteiger partial charge in [-0.05, 0) is 70.5 Å². The second-order valence-corrected chi connectivity index (χ2v) is 7.91. The highest BCUT2D eigenvalue weighted by Gasteiger charge is 2.28. The van der Waals surface area contributed by atoms with Gasteiger partial charge in [0, 0.05) is 32.2 Å². The zero-order valence-electron chi connectivity index (χ0n) is 16.0. The smallest absolute Gasteiger partial charge is 0.142 e. The molecule has 0 amide bonds. The first-order valence-electron chi connectivity index (χ1n) is 10.1. The van der Waals surface area contributed by atoms with E-state index in [1.807, 2.05) is 0 Å². The Morgan fingerprint density at radius 2 is 1.72 bits per heavy atom. The van der Waals surface area contributed by atoms with Crippen LogP contribution in [0.3, 0.4) is 0 Å². The molecule has 4 heteroatoms. The van der Waals surface area contributed by atoms with E-state index in [9.17, 15) is 0 Å². The third-order valence-corrected chi connectivity index (χ3v) is 5.79. The van der Waals surface area contributed by atoms with Gasteiger partial charge in [-0.15, -0.1) is 0 Å². The molecule has 1 aliphatic carbocycles. The van der Waals surface area contributed by atoms with Gasteiger partial charge in [0.1, 0.15) is 5.75 Å². The molecule has 2 fully saturated rings. The zero-order chi connectivity index (χ0) is 17.6. The highest BCUT2D eigenvalue weighted by Crippen LogP contribution is 2.32. The molecular weight excluding hydrogens is 310 g/mol. The van der Waals surface area contributed by atoms with Gasteiger partial charge < -0.3 is 15.4 Å². The molecule has 0 aromatic heterocycles. The maximum atomic E-state index is 6.01. The summed E-state index contributed by atoms with van der Waals surface area (Å²) < 4.78 is 6.01. The average Bonchev–Trinajstić information content (AvgIpc) is 2.63. The summed E-state index contributed by atoms with van der Waals surface area (Å²) in [5, 5.41) is 0. The van der Waals surface area contributed by atoms with Crippen molar-refractivity contribution in [3.05, 3.63) is 24.3 Å². The first-order valence-corrected chi connectivity index (χ1v) is 10.1. The summed E-state index contributed by atoms with van der Waals surface area (Å²) in [5.41, 5.74) is 6.98. The Morgan fingerprint density at radius 1 is 1.04 bits per heavy atom. The van der Waals surface area contributed by atoms with Crippen LogP contribution in [0.25, 0.3) is 0 Å². The molecule has 0 spiro atoms. The summed E-state index contributed by atoms with van der Waals surface area (Å²) in [5.74, 6) is 1.90. The van der Waals surface area contributed by atoms with Gasteiger partial charge in [0.05, 0.1) is 11.8 Å². The quantitative estimate of drug-likeness (QED) is 0.857. The monoisotopic (exact) mass is 345 g/mol. The fourth-order valence-corrected chi connectivity index (χ4v) is 4.43. The number of hydrogen-bond acceptors (Lipinski definition) is 4. The van der Waals surface area contributed by atoms with Crippen molar-refractivity contribution in [3.63, 3.8) is 0 Å². The second-order valence-electron chi connectivity index (χ2n) is 7.91. The summed E-state index contributed by atoms with van der Waals surface area (Å²) >= 11 is 0. The molecule has 0 unspecified atom stereocenters. The van der Waals surface area contributed by atoms with Crippen LogP contribution in [0.15, 0.2) is 24.3 Å². The molecular formula is C21H35N3O. The predicted molar refractivity (Wildman–Crippen MR) is 105 cm³/mol. The van der Waals surface area contributed by atoms with E-state index in [1.165, 1.54) is 50.9 Å². The zero-order valence-corrected chi connectivity index (χ0v) is 16.0. The van der Waals surface area contributed by atoms with Crippen molar-refractivity contribution in [1.29, 1.82) is 0 Å². The van der Waals surface area contributed by atoms with Crippen LogP contribution >= 0.6 is 0 Å². The Balaban J connectivity index is 1.53. The van der Waals surface area contributed by atoms with Crippen molar-refractivity contribution in [2.24, 2.45) is 11.7 Å².